The van der Waals surface area contributed by atoms with Crippen molar-refractivity contribution in [2.45, 2.75) is 52.0 Å². The zero-order valence-corrected chi connectivity index (χ0v) is 12.9. The number of imidazole rings is 1. The van der Waals surface area contributed by atoms with Gasteiger partial charge in [0, 0.05) is 18.1 Å². The highest BCUT2D eigenvalue weighted by molar-refractivity contribution is 5.80. The Morgan fingerprint density at radius 1 is 1.18 bits per heavy atom. The lowest BCUT2D eigenvalue weighted by Gasteiger charge is -2.20. The van der Waals surface area contributed by atoms with Crippen molar-refractivity contribution in [1.29, 1.82) is 0 Å². The van der Waals surface area contributed by atoms with Crippen LogP contribution < -0.4 is 0 Å². The van der Waals surface area contributed by atoms with E-state index in [0.717, 1.165) is 25.0 Å². The third-order valence-corrected chi connectivity index (χ3v) is 4.09. The molecule has 2 aromatic rings. The van der Waals surface area contributed by atoms with Crippen molar-refractivity contribution < 1.29 is 18.7 Å². The molecular weight excluding hydrogens is 290 g/mol. The number of carboxylic acid groups (broad SMARTS) is 1. The molecule has 0 amide bonds. The Hall–Kier alpha value is -1.98. The van der Waals surface area contributed by atoms with E-state index in [1.165, 1.54) is 0 Å². The van der Waals surface area contributed by atoms with Crippen LogP contribution in [0.4, 0.5) is 8.78 Å². The lowest BCUT2D eigenvalue weighted by atomic mass is 10.0. The molecule has 4 nitrogen and oxygen atoms in total. The van der Waals surface area contributed by atoms with E-state index in [4.69, 9.17) is 0 Å². The van der Waals surface area contributed by atoms with Crippen LogP contribution in [-0.2, 0) is 4.79 Å². The summed E-state index contributed by atoms with van der Waals surface area (Å²) in [4.78, 5) is 16.0. The van der Waals surface area contributed by atoms with E-state index >= 15 is 0 Å². The Bertz CT molecular complexity index is 693. The fourth-order valence-electron chi connectivity index (χ4n) is 2.85. The summed E-state index contributed by atoms with van der Waals surface area (Å²) in [5.41, 5.74) is 0.621. The van der Waals surface area contributed by atoms with Gasteiger partial charge in [-0.05, 0) is 19.3 Å². The topological polar surface area (TPSA) is 55.1 Å². The standard InChI is InChI=1S/C16H20F2N2O2/c1-4-9(5-2)15-19-12-7-10(17)11(18)8-14(12)20(15)13(6-3)16(21)22/h7-9,13H,4-6H2,1-3H3,(H,21,22). The lowest BCUT2D eigenvalue weighted by Crippen LogP contribution is -2.21. The predicted molar refractivity (Wildman–Crippen MR) is 79.9 cm³/mol. The zero-order valence-electron chi connectivity index (χ0n) is 12.9. The molecule has 1 atom stereocenters. The molecule has 0 fully saturated rings. The maximum atomic E-state index is 13.6. The van der Waals surface area contributed by atoms with E-state index in [2.05, 4.69) is 4.98 Å². The smallest absolute Gasteiger partial charge is 0.326 e. The summed E-state index contributed by atoms with van der Waals surface area (Å²) in [7, 11) is 0. The van der Waals surface area contributed by atoms with Gasteiger partial charge in [0.05, 0.1) is 11.0 Å². The normalized spacial score (nSPS) is 13.0. The maximum absolute atomic E-state index is 13.6. The van der Waals surface area contributed by atoms with Crippen molar-refractivity contribution in [2.75, 3.05) is 0 Å². The zero-order chi connectivity index (χ0) is 16.4. The SMILES string of the molecule is CCC(CC)c1nc2cc(F)c(F)cc2n1C(CC)C(=O)O. The van der Waals surface area contributed by atoms with Gasteiger partial charge in [0.1, 0.15) is 11.9 Å². The highest BCUT2D eigenvalue weighted by Gasteiger charge is 2.27. The van der Waals surface area contributed by atoms with Crippen LogP contribution in [0.1, 0.15) is 57.8 Å². The maximum Gasteiger partial charge on any atom is 0.326 e. The van der Waals surface area contributed by atoms with Crippen molar-refractivity contribution in [3.05, 3.63) is 29.6 Å². The first-order valence-corrected chi connectivity index (χ1v) is 7.54. The van der Waals surface area contributed by atoms with Gasteiger partial charge in [0.15, 0.2) is 11.6 Å². The predicted octanol–water partition coefficient (Wildman–Crippen LogP) is 4.25. The molecule has 0 spiro atoms. The van der Waals surface area contributed by atoms with Crippen molar-refractivity contribution in [3.8, 4) is 0 Å². The fourth-order valence-corrected chi connectivity index (χ4v) is 2.85. The van der Waals surface area contributed by atoms with Crippen LogP contribution >= 0.6 is 0 Å². The van der Waals surface area contributed by atoms with Gasteiger partial charge in [0.25, 0.3) is 0 Å². The van der Waals surface area contributed by atoms with Crippen LogP contribution in [0.2, 0.25) is 0 Å². The average Bonchev–Trinajstić information content (AvgIpc) is 2.80. The van der Waals surface area contributed by atoms with Gasteiger partial charge in [0.2, 0.25) is 0 Å². The minimum Gasteiger partial charge on any atom is -0.480 e. The van der Waals surface area contributed by atoms with E-state index in [1.807, 2.05) is 13.8 Å². The molecule has 0 saturated heterocycles. The first-order chi connectivity index (χ1) is 10.4. The first-order valence-electron chi connectivity index (χ1n) is 7.54. The number of carboxylic acids is 1. The molecule has 0 aliphatic rings. The van der Waals surface area contributed by atoms with E-state index in [9.17, 15) is 18.7 Å². The lowest BCUT2D eigenvalue weighted by molar-refractivity contribution is -0.141. The number of rotatable bonds is 6. The highest BCUT2D eigenvalue weighted by atomic mass is 19.2. The van der Waals surface area contributed by atoms with Crippen molar-refractivity contribution >= 4 is 17.0 Å². The number of carbonyl (C=O) groups is 1. The summed E-state index contributed by atoms with van der Waals surface area (Å²) in [6.45, 7) is 5.72. The summed E-state index contributed by atoms with van der Waals surface area (Å²) in [5, 5.41) is 9.46. The molecule has 0 bridgehead atoms. The number of fused-ring (bicyclic) bond motifs is 1. The molecule has 0 aliphatic heterocycles. The molecule has 1 aromatic heterocycles. The molecule has 22 heavy (non-hydrogen) atoms. The Labute approximate surface area is 127 Å². The van der Waals surface area contributed by atoms with Gasteiger partial charge in [-0.3, -0.25) is 0 Å². The number of hydrogen-bond donors (Lipinski definition) is 1. The van der Waals surface area contributed by atoms with Gasteiger partial charge >= 0.3 is 5.97 Å². The van der Waals surface area contributed by atoms with Crippen LogP contribution in [0.15, 0.2) is 12.1 Å². The second kappa shape index (κ2) is 6.42. The largest absolute Gasteiger partial charge is 0.480 e. The molecule has 2 rings (SSSR count). The summed E-state index contributed by atoms with van der Waals surface area (Å²) in [6, 6.07) is 1.22. The number of halogens is 2. The van der Waals surface area contributed by atoms with E-state index < -0.39 is 23.6 Å². The number of aromatic nitrogens is 2. The molecule has 0 aliphatic carbocycles. The first kappa shape index (κ1) is 16.4. The molecular formula is C16H20F2N2O2. The molecule has 120 valence electrons. The fraction of sp³-hybridized carbons (Fsp3) is 0.500. The van der Waals surface area contributed by atoms with Gasteiger partial charge in [-0.25, -0.2) is 18.6 Å². The second-order valence-electron chi connectivity index (χ2n) is 5.37. The second-order valence-corrected chi connectivity index (χ2v) is 5.37. The summed E-state index contributed by atoms with van der Waals surface area (Å²) < 4.78 is 28.6. The van der Waals surface area contributed by atoms with Crippen molar-refractivity contribution in [3.63, 3.8) is 0 Å². The molecule has 1 unspecified atom stereocenters. The monoisotopic (exact) mass is 310 g/mol. The molecule has 1 heterocycles. The number of nitrogens with zero attached hydrogens (tertiary/aromatic N) is 2. The van der Waals surface area contributed by atoms with E-state index in [-0.39, 0.29) is 5.92 Å². The van der Waals surface area contributed by atoms with Crippen LogP contribution in [0.25, 0.3) is 11.0 Å². The molecule has 1 N–H and O–H groups in total. The number of benzene rings is 1. The average molecular weight is 310 g/mol. The minimum absolute atomic E-state index is 0.0481. The van der Waals surface area contributed by atoms with E-state index in [0.29, 0.717) is 23.3 Å². The van der Waals surface area contributed by atoms with Crippen LogP contribution in [0, 0.1) is 11.6 Å². The minimum atomic E-state index is -1.00. The van der Waals surface area contributed by atoms with Gasteiger partial charge in [-0.1, -0.05) is 20.8 Å². The Balaban J connectivity index is 2.79. The van der Waals surface area contributed by atoms with E-state index in [1.54, 1.807) is 11.5 Å². The quantitative estimate of drug-likeness (QED) is 0.867. The molecule has 0 radical (unpaired) electrons. The van der Waals surface area contributed by atoms with Crippen LogP contribution in [0.5, 0.6) is 0 Å². The highest BCUT2D eigenvalue weighted by Crippen LogP contribution is 2.32. The summed E-state index contributed by atoms with van der Waals surface area (Å²) in [5.74, 6) is -2.34. The summed E-state index contributed by atoms with van der Waals surface area (Å²) in [6.07, 6.45) is 1.90. The van der Waals surface area contributed by atoms with Gasteiger partial charge in [-0.2, -0.15) is 0 Å². The van der Waals surface area contributed by atoms with Gasteiger partial charge in [-0.15, -0.1) is 0 Å². The van der Waals surface area contributed by atoms with Gasteiger partial charge < -0.3 is 9.67 Å². The third kappa shape index (κ3) is 2.69. The number of hydrogen-bond acceptors (Lipinski definition) is 2. The van der Waals surface area contributed by atoms with Crippen molar-refractivity contribution in [1.82, 2.24) is 9.55 Å². The van der Waals surface area contributed by atoms with Crippen molar-refractivity contribution in [2.24, 2.45) is 0 Å². The third-order valence-electron chi connectivity index (χ3n) is 4.09. The molecule has 1 aromatic carbocycles. The number of aliphatic carboxylic acids is 1. The Morgan fingerprint density at radius 2 is 1.77 bits per heavy atom. The Kier molecular flexibility index (Phi) is 4.78. The van der Waals surface area contributed by atoms with Crippen LogP contribution in [-0.4, -0.2) is 20.6 Å². The summed E-state index contributed by atoms with van der Waals surface area (Å²) >= 11 is 0. The molecule has 0 saturated carbocycles. The Morgan fingerprint density at radius 3 is 2.27 bits per heavy atom. The van der Waals surface area contributed by atoms with Crippen LogP contribution in [0.3, 0.4) is 0 Å². The molecule has 6 heteroatoms.